The molecule has 2 atom stereocenters. The van der Waals surface area contributed by atoms with Gasteiger partial charge in [-0.15, -0.1) is 0 Å². The highest BCUT2D eigenvalue weighted by molar-refractivity contribution is 7.47. The summed E-state index contributed by atoms with van der Waals surface area (Å²) in [6, 6.07) is 7.92. The molecule has 0 aliphatic heterocycles. The van der Waals surface area contributed by atoms with Gasteiger partial charge in [0.05, 0.1) is 47.0 Å². The highest BCUT2D eigenvalue weighted by Crippen LogP contribution is 2.44. The first-order valence-corrected chi connectivity index (χ1v) is 17.3. The fourth-order valence-corrected chi connectivity index (χ4v) is 5.39. The van der Waals surface area contributed by atoms with Crippen molar-refractivity contribution in [1.29, 1.82) is 0 Å². The molecule has 1 rings (SSSR count). The Balaban J connectivity index is 2.40. The van der Waals surface area contributed by atoms with E-state index in [1.54, 1.807) is 0 Å². The number of carbonyl (C=O) groups excluding carboxylic acids is 1. The molecule has 7 nitrogen and oxygen atoms in total. The van der Waals surface area contributed by atoms with Gasteiger partial charge < -0.3 is 14.1 Å². The van der Waals surface area contributed by atoms with Crippen molar-refractivity contribution in [3.8, 4) is 5.75 Å². The molecule has 0 saturated heterocycles. The second-order valence-corrected chi connectivity index (χ2v) is 13.2. The van der Waals surface area contributed by atoms with Crippen molar-refractivity contribution in [1.82, 2.24) is 0 Å². The predicted molar refractivity (Wildman–Crippen MR) is 165 cm³/mol. The second kappa shape index (κ2) is 21.5. The molecular formula is C32H59NO6P+. The molecule has 1 N–H and O–H groups in total. The number of unbranched alkanes of at least 4 members (excludes halogenated alkanes) is 9. The van der Waals surface area contributed by atoms with Gasteiger partial charge in [0, 0.05) is 19.3 Å². The largest absolute Gasteiger partial charge is 0.494 e. The Morgan fingerprint density at radius 1 is 0.850 bits per heavy atom. The van der Waals surface area contributed by atoms with Gasteiger partial charge in [0.2, 0.25) is 0 Å². The molecule has 232 valence electrons. The summed E-state index contributed by atoms with van der Waals surface area (Å²) in [6.07, 6.45) is 15.0. The summed E-state index contributed by atoms with van der Waals surface area (Å²) in [5.41, 5.74) is 1.04. The molecule has 1 aromatic carbocycles. The number of phosphoric ester groups is 1. The second-order valence-electron chi connectivity index (χ2n) is 11.8. The number of Topliss-reactive ketones (excluding diaryl/α,β-unsaturated/α-hetero) is 1. The van der Waals surface area contributed by atoms with Crippen LogP contribution < -0.4 is 4.74 Å². The van der Waals surface area contributed by atoms with Crippen LogP contribution in [0.1, 0.15) is 110 Å². The van der Waals surface area contributed by atoms with Crippen molar-refractivity contribution in [2.75, 3.05) is 47.0 Å². The van der Waals surface area contributed by atoms with Crippen molar-refractivity contribution in [3.63, 3.8) is 0 Å². The Bertz CT molecular complexity index is 829. The van der Waals surface area contributed by atoms with Crippen molar-refractivity contribution < 1.29 is 32.5 Å². The lowest BCUT2D eigenvalue weighted by atomic mass is 9.94. The number of ketones is 1. The lowest BCUT2D eigenvalue weighted by Gasteiger charge is -2.28. The van der Waals surface area contributed by atoms with E-state index in [1.165, 1.54) is 57.8 Å². The fourth-order valence-electron chi connectivity index (χ4n) is 4.56. The Morgan fingerprint density at radius 3 is 2.02 bits per heavy atom. The van der Waals surface area contributed by atoms with E-state index in [2.05, 4.69) is 27.9 Å². The van der Waals surface area contributed by atoms with Crippen molar-refractivity contribution in [2.24, 2.45) is 5.92 Å². The molecule has 0 saturated carbocycles. The van der Waals surface area contributed by atoms with Crippen LogP contribution in [0.25, 0.3) is 0 Å². The molecule has 0 aliphatic rings. The first kappa shape index (κ1) is 36.8. The van der Waals surface area contributed by atoms with Crippen LogP contribution in [0.5, 0.6) is 5.75 Å². The minimum Gasteiger partial charge on any atom is -0.494 e. The molecule has 8 heteroatoms. The summed E-state index contributed by atoms with van der Waals surface area (Å²) < 4.78 is 29.7. The monoisotopic (exact) mass is 584 g/mol. The van der Waals surface area contributed by atoms with Gasteiger partial charge in [-0.3, -0.25) is 13.8 Å². The Labute approximate surface area is 245 Å². The average Bonchev–Trinajstić information content (AvgIpc) is 2.93. The number of ether oxygens (including phenoxy) is 1. The number of hydrogen-bond donors (Lipinski definition) is 1. The third-order valence-corrected chi connectivity index (χ3v) is 8.60. The summed E-state index contributed by atoms with van der Waals surface area (Å²) in [5.74, 6) is 0.749. The van der Waals surface area contributed by atoms with Gasteiger partial charge in [-0.05, 0) is 43.4 Å². The van der Waals surface area contributed by atoms with Crippen LogP contribution in [0.4, 0.5) is 0 Å². The van der Waals surface area contributed by atoms with E-state index >= 15 is 0 Å². The van der Waals surface area contributed by atoms with Crippen LogP contribution in [0.2, 0.25) is 0 Å². The molecule has 0 amide bonds. The SMILES string of the molecule is CCCCCCCCCCCCOc1ccc(CC(COP(=O)(O)OCCC[N+](C)(C)CC)CC(=O)CC)cc1. The smallest absolute Gasteiger partial charge is 0.472 e. The Morgan fingerprint density at radius 2 is 1.45 bits per heavy atom. The molecule has 0 bridgehead atoms. The summed E-state index contributed by atoms with van der Waals surface area (Å²) in [6.45, 7) is 8.90. The number of carbonyl (C=O) groups is 1. The predicted octanol–water partition coefficient (Wildman–Crippen LogP) is 8.13. The molecule has 0 aliphatic carbocycles. The minimum absolute atomic E-state index is 0.00692. The van der Waals surface area contributed by atoms with E-state index in [0.717, 1.165) is 41.9 Å². The zero-order valence-electron chi connectivity index (χ0n) is 26.2. The van der Waals surface area contributed by atoms with Crippen LogP contribution in [-0.2, 0) is 24.8 Å². The molecule has 2 unspecified atom stereocenters. The van der Waals surface area contributed by atoms with Gasteiger partial charge in [0.15, 0.2) is 0 Å². The lowest BCUT2D eigenvalue weighted by molar-refractivity contribution is -0.888. The molecule has 0 heterocycles. The summed E-state index contributed by atoms with van der Waals surface area (Å²) in [7, 11) is 0.0549. The van der Waals surface area contributed by atoms with Gasteiger partial charge in [-0.1, -0.05) is 83.8 Å². The number of quaternary nitrogens is 1. The highest BCUT2D eigenvalue weighted by atomic mass is 31.2. The maximum atomic E-state index is 12.4. The quantitative estimate of drug-likeness (QED) is 0.0672. The van der Waals surface area contributed by atoms with Crippen molar-refractivity contribution >= 4 is 13.6 Å². The number of phosphoric acid groups is 1. The molecule has 0 aromatic heterocycles. The standard InChI is InChI=1S/C32H58NO6P/c1-6-9-10-11-12-13-14-15-16-17-24-37-32-21-19-29(20-22-32)26-30(27-31(34)7-2)28-39-40(35,36)38-25-18-23-33(4,5)8-3/h19-22,30H,6-18,23-28H2,1-5H3/p+1. The fraction of sp³-hybridized carbons (Fsp3) is 0.781. The van der Waals surface area contributed by atoms with Gasteiger partial charge in [-0.25, -0.2) is 4.57 Å². The van der Waals surface area contributed by atoms with Crippen molar-refractivity contribution in [3.05, 3.63) is 29.8 Å². The van der Waals surface area contributed by atoms with E-state index in [1.807, 2.05) is 31.2 Å². The number of nitrogens with zero attached hydrogens (tertiary/aromatic N) is 1. The van der Waals surface area contributed by atoms with E-state index in [4.69, 9.17) is 13.8 Å². The zero-order chi connectivity index (χ0) is 29.7. The third kappa shape index (κ3) is 19.0. The molecule has 1 aromatic rings. The summed E-state index contributed by atoms with van der Waals surface area (Å²) in [5, 5.41) is 0. The first-order chi connectivity index (χ1) is 19.1. The average molecular weight is 585 g/mol. The first-order valence-electron chi connectivity index (χ1n) is 15.8. The van der Waals surface area contributed by atoms with E-state index < -0.39 is 7.82 Å². The summed E-state index contributed by atoms with van der Waals surface area (Å²) >= 11 is 0. The Hall–Kier alpha value is -1.24. The molecule has 40 heavy (non-hydrogen) atoms. The number of benzene rings is 1. The van der Waals surface area contributed by atoms with Crippen LogP contribution >= 0.6 is 7.82 Å². The topological polar surface area (TPSA) is 82.1 Å². The van der Waals surface area contributed by atoms with Crippen LogP contribution in [0.15, 0.2) is 24.3 Å². The van der Waals surface area contributed by atoms with Gasteiger partial charge in [0.1, 0.15) is 11.5 Å². The van der Waals surface area contributed by atoms with E-state index in [-0.39, 0.29) is 24.9 Å². The maximum absolute atomic E-state index is 12.4. The van der Waals surface area contributed by atoms with Crippen molar-refractivity contribution in [2.45, 2.75) is 111 Å². The van der Waals surface area contributed by atoms with Gasteiger partial charge in [-0.2, -0.15) is 0 Å². The maximum Gasteiger partial charge on any atom is 0.472 e. The Kier molecular flexibility index (Phi) is 19.7. The molecule has 0 spiro atoms. The van der Waals surface area contributed by atoms with Crippen LogP contribution in [-0.4, -0.2) is 62.2 Å². The third-order valence-electron chi connectivity index (χ3n) is 7.62. The van der Waals surface area contributed by atoms with E-state index in [0.29, 0.717) is 25.7 Å². The van der Waals surface area contributed by atoms with Crippen LogP contribution in [0, 0.1) is 5.92 Å². The molecule has 0 radical (unpaired) electrons. The zero-order valence-corrected chi connectivity index (χ0v) is 27.1. The number of rotatable bonds is 26. The summed E-state index contributed by atoms with van der Waals surface area (Å²) in [4.78, 5) is 22.3. The minimum atomic E-state index is -4.17. The number of hydrogen-bond acceptors (Lipinski definition) is 5. The van der Waals surface area contributed by atoms with Gasteiger partial charge >= 0.3 is 7.82 Å². The highest BCUT2D eigenvalue weighted by Gasteiger charge is 2.25. The molecular weight excluding hydrogens is 525 g/mol. The lowest BCUT2D eigenvalue weighted by Crippen LogP contribution is -2.40. The normalized spacial score (nSPS) is 14.2. The molecule has 0 fully saturated rings. The van der Waals surface area contributed by atoms with E-state index in [9.17, 15) is 14.3 Å². The van der Waals surface area contributed by atoms with Gasteiger partial charge in [0.25, 0.3) is 0 Å². The van der Waals surface area contributed by atoms with Crippen LogP contribution in [0.3, 0.4) is 0 Å².